The molecule has 1 aromatic carbocycles. The third-order valence-corrected chi connectivity index (χ3v) is 2.63. The Kier molecular flexibility index (Phi) is 3.66. The summed E-state index contributed by atoms with van der Waals surface area (Å²) >= 11 is 1.29. The Morgan fingerprint density at radius 2 is 2.18 bits per heavy atom. The summed E-state index contributed by atoms with van der Waals surface area (Å²) in [6.45, 7) is 0. The summed E-state index contributed by atoms with van der Waals surface area (Å²) in [5, 5.41) is 3.05. The van der Waals surface area contributed by atoms with E-state index in [1.54, 1.807) is 5.51 Å². The summed E-state index contributed by atoms with van der Waals surface area (Å²) in [5.41, 5.74) is 3.46. The van der Waals surface area contributed by atoms with Crippen LogP contribution in [0.25, 0.3) is 0 Å². The number of hydrogen-bond donors (Lipinski definition) is 1. The van der Waals surface area contributed by atoms with Crippen LogP contribution >= 0.6 is 11.5 Å². The first kappa shape index (κ1) is 11.5. The van der Waals surface area contributed by atoms with Crippen LogP contribution in [-0.2, 0) is 16.0 Å². The summed E-state index contributed by atoms with van der Waals surface area (Å²) in [4.78, 5) is 15.1. The lowest BCUT2D eigenvalue weighted by molar-refractivity contribution is -0.139. The van der Waals surface area contributed by atoms with Crippen LogP contribution in [0.4, 0.5) is 11.6 Å². The zero-order valence-corrected chi connectivity index (χ0v) is 10.0. The molecule has 0 fully saturated rings. The number of rotatable bonds is 4. The van der Waals surface area contributed by atoms with E-state index in [1.165, 1.54) is 18.6 Å². The normalized spacial score (nSPS) is 9.94. The minimum absolute atomic E-state index is 0.244. The summed E-state index contributed by atoms with van der Waals surface area (Å²) in [7, 11) is 1.38. The first-order chi connectivity index (χ1) is 8.28. The van der Waals surface area contributed by atoms with Crippen LogP contribution in [-0.4, -0.2) is 22.4 Å². The molecule has 0 amide bonds. The molecule has 0 spiro atoms. The van der Waals surface area contributed by atoms with E-state index in [1.807, 2.05) is 24.3 Å². The molecule has 0 radical (unpaired) electrons. The predicted octanol–water partition coefficient (Wildman–Crippen LogP) is 2.00. The minimum Gasteiger partial charge on any atom is -0.469 e. The van der Waals surface area contributed by atoms with Crippen LogP contribution in [0, 0.1) is 0 Å². The van der Waals surface area contributed by atoms with Crippen molar-refractivity contribution in [3.8, 4) is 0 Å². The lowest BCUT2D eigenvalue weighted by Gasteiger charge is -2.03. The molecular weight excluding hydrogens is 238 g/mol. The van der Waals surface area contributed by atoms with Crippen LogP contribution < -0.4 is 5.32 Å². The Labute approximate surface area is 103 Å². The van der Waals surface area contributed by atoms with Crippen molar-refractivity contribution in [2.45, 2.75) is 6.42 Å². The fourth-order valence-corrected chi connectivity index (χ4v) is 1.69. The van der Waals surface area contributed by atoms with E-state index >= 15 is 0 Å². The molecule has 0 unspecified atom stereocenters. The Balaban J connectivity index is 2.00. The standard InChI is InChI=1S/C11H11N3O2S/c1-16-10(15)6-8-2-4-9(5-3-8)13-11-12-7-17-14-11/h2-5,7H,6H2,1H3,(H,13,14). The van der Waals surface area contributed by atoms with Gasteiger partial charge in [0.2, 0.25) is 5.95 Å². The maximum Gasteiger partial charge on any atom is 0.309 e. The van der Waals surface area contributed by atoms with Crippen molar-refractivity contribution >= 4 is 29.1 Å². The van der Waals surface area contributed by atoms with Gasteiger partial charge in [-0.2, -0.15) is 4.37 Å². The van der Waals surface area contributed by atoms with Crippen LogP contribution in [0.15, 0.2) is 29.8 Å². The molecule has 0 atom stereocenters. The third-order valence-electron chi connectivity index (χ3n) is 2.15. The van der Waals surface area contributed by atoms with Crippen LogP contribution in [0.3, 0.4) is 0 Å². The fraction of sp³-hybridized carbons (Fsp3) is 0.182. The smallest absolute Gasteiger partial charge is 0.309 e. The zero-order chi connectivity index (χ0) is 12.1. The quantitative estimate of drug-likeness (QED) is 0.839. The molecule has 0 saturated heterocycles. The van der Waals surface area contributed by atoms with Gasteiger partial charge in [-0.25, -0.2) is 4.98 Å². The van der Waals surface area contributed by atoms with E-state index in [9.17, 15) is 4.79 Å². The monoisotopic (exact) mass is 249 g/mol. The van der Waals surface area contributed by atoms with Gasteiger partial charge in [-0.3, -0.25) is 4.79 Å². The van der Waals surface area contributed by atoms with Gasteiger partial charge < -0.3 is 10.1 Å². The maximum absolute atomic E-state index is 11.1. The Hall–Kier alpha value is -1.95. The molecule has 0 aliphatic rings. The summed E-state index contributed by atoms with van der Waals surface area (Å²) in [6, 6.07) is 7.48. The largest absolute Gasteiger partial charge is 0.469 e. The predicted molar refractivity (Wildman–Crippen MR) is 65.4 cm³/mol. The molecule has 5 nitrogen and oxygen atoms in total. The lowest BCUT2D eigenvalue weighted by Crippen LogP contribution is -2.04. The number of esters is 1. The molecule has 1 aromatic heterocycles. The van der Waals surface area contributed by atoms with Crippen LogP contribution in [0.5, 0.6) is 0 Å². The van der Waals surface area contributed by atoms with Crippen molar-refractivity contribution in [1.82, 2.24) is 9.36 Å². The summed E-state index contributed by atoms with van der Waals surface area (Å²) in [6.07, 6.45) is 0.283. The molecule has 0 saturated carbocycles. The zero-order valence-electron chi connectivity index (χ0n) is 9.21. The van der Waals surface area contributed by atoms with Gasteiger partial charge in [-0.15, -0.1) is 0 Å². The van der Waals surface area contributed by atoms with E-state index in [0.29, 0.717) is 5.95 Å². The second-order valence-electron chi connectivity index (χ2n) is 3.33. The maximum atomic E-state index is 11.1. The topological polar surface area (TPSA) is 64.1 Å². The van der Waals surface area contributed by atoms with Crippen molar-refractivity contribution in [3.05, 3.63) is 35.3 Å². The third kappa shape index (κ3) is 3.25. The molecule has 2 aromatic rings. The number of carbonyl (C=O) groups excluding carboxylic acids is 1. The Morgan fingerprint density at radius 1 is 1.41 bits per heavy atom. The number of carbonyl (C=O) groups is 1. The molecule has 88 valence electrons. The van der Waals surface area contributed by atoms with Gasteiger partial charge >= 0.3 is 5.97 Å². The van der Waals surface area contributed by atoms with Gasteiger partial charge in [0.15, 0.2) is 0 Å². The average Bonchev–Trinajstić information content (AvgIpc) is 2.84. The van der Waals surface area contributed by atoms with Crippen molar-refractivity contribution in [2.24, 2.45) is 0 Å². The fourth-order valence-electron chi connectivity index (χ4n) is 1.30. The van der Waals surface area contributed by atoms with Crippen molar-refractivity contribution in [2.75, 3.05) is 12.4 Å². The van der Waals surface area contributed by atoms with E-state index < -0.39 is 0 Å². The van der Waals surface area contributed by atoms with Gasteiger partial charge in [-0.05, 0) is 29.2 Å². The number of anilines is 2. The molecule has 1 heterocycles. The highest BCUT2D eigenvalue weighted by Crippen LogP contribution is 2.14. The summed E-state index contributed by atoms with van der Waals surface area (Å²) in [5.74, 6) is 0.336. The van der Waals surface area contributed by atoms with Gasteiger partial charge in [0.25, 0.3) is 0 Å². The number of aromatic nitrogens is 2. The van der Waals surface area contributed by atoms with E-state index in [2.05, 4.69) is 19.4 Å². The number of nitrogens with one attached hydrogen (secondary N) is 1. The number of nitrogens with zero attached hydrogens (tertiary/aromatic N) is 2. The Bertz CT molecular complexity index is 482. The van der Waals surface area contributed by atoms with Gasteiger partial charge in [-0.1, -0.05) is 12.1 Å². The Morgan fingerprint density at radius 3 is 2.76 bits per heavy atom. The number of ether oxygens (including phenoxy) is 1. The molecule has 1 N–H and O–H groups in total. The van der Waals surface area contributed by atoms with E-state index in [4.69, 9.17) is 0 Å². The minimum atomic E-state index is -0.244. The van der Waals surface area contributed by atoms with Crippen LogP contribution in [0.2, 0.25) is 0 Å². The second-order valence-corrected chi connectivity index (χ2v) is 3.93. The highest BCUT2D eigenvalue weighted by molar-refractivity contribution is 7.03. The van der Waals surface area contributed by atoms with E-state index in [-0.39, 0.29) is 12.4 Å². The summed E-state index contributed by atoms with van der Waals surface area (Å²) < 4.78 is 8.64. The van der Waals surface area contributed by atoms with Crippen molar-refractivity contribution in [3.63, 3.8) is 0 Å². The van der Waals surface area contributed by atoms with E-state index in [0.717, 1.165) is 11.3 Å². The highest BCUT2D eigenvalue weighted by atomic mass is 32.1. The van der Waals surface area contributed by atoms with Gasteiger partial charge in [0.05, 0.1) is 13.5 Å². The van der Waals surface area contributed by atoms with Gasteiger partial charge in [0.1, 0.15) is 5.51 Å². The number of hydrogen-bond acceptors (Lipinski definition) is 6. The SMILES string of the molecule is COC(=O)Cc1ccc(Nc2ncsn2)cc1. The van der Waals surface area contributed by atoms with Crippen molar-refractivity contribution in [1.29, 1.82) is 0 Å². The number of benzene rings is 1. The van der Waals surface area contributed by atoms with Gasteiger partial charge in [0, 0.05) is 5.69 Å². The van der Waals surface area contributed by atoms with Crippen LogP contribution in [0.1, 0.15) is 5.56 Å². The first-order valence-corrected chi connectivity index (χ1v) is 5.81. The lowest BCUT2D eigenvalue weighted by atomic mass is 10.1. The molecule has 17 heavy (non-hydrogen) atoms. The molecule has 2 rings (SSSR count). The molecule has 0 bridgehead atoms. The second kappa shape index (κ2) is 5.40. The molecule has 0 aliphatic carbocycles. The first-order valence-electron chi connectivity index (χ1n) is 4.97. The molecule has 0 aliphatic heterocycles. The molecular formula is C11H11N3O2S. The average molecular weight is 249 g/mol. The number of methoxy groups -OCH3 is 1. The molecule has 6 heteroatoms. The van der Waals surface area contributed by atoms with Crippen molar-refractivity contribution < 1.29 is 9.53 Å². The highest BCUT2D eigenvalue weighted by Gasteiger charge is 2.03.